The smallest absolute Gasteiger partial charge is 0.138 e. The van der Waals surface area contributed by atoms with Crippen LogP contribution in [0.4, 0.5) is 10.2 Å². The molecule has 6 heteroatoms. The van der Waals surface area contributed by atoms with Gasteiger partial charge in [-0.25, -0.2) is 9.37 Å². The number of alkyl halides is 1. The third kappa shape index (κ3) is 2.66. The first-order valence-corrected chi connectivity index (χ1v) is 9.47. The molecule has 3 heterocycles. The molecule has 0 saturated carbocycles. The number of nitrogens with one attached hydrogen (secondary N) is 1. The van der Waals surface area contributed by atoms with E-state index in [0.29, 0.717) is 24.5 Å². The summed E-state index contributed by atoms with van der Waals surface area (Å²) in [4.78, 5) is 11.1. The second-order valence-electron chi connectivity index (χ2n) is 5.94. The largest absolute Gasteiger partial charge is 0.353 e. The van der Waals surface area contributed by atoms with Gasteiger partial charge in [0.25, 0.3) is 0 Å². The molecule has 124 valence electrons. The van der Waals surface area contributed by atoms with Crippen molar-refractivity contribution < 1.29 is 4.39 Å². The summed E-state index contributed by atoms with van der Waals surface area (Å²) in [6, 6.07) is 10.0. The number of para-hydroxylation sites is 1. The highest BCUT2D eigenvalue weighted by molar-refractivity contribution is 7.98. The Morgan fingerprint density at radius 3 is 2.92 bits per heavy atom. The Bertz CT molecular complexity index is 895. The van der Waals surface area contributed by atoms with Crippen LogP contribution in [0.3, 0.4) is 0 Å². The highest BCUT2D eigenvalue weighted by Crippen LogP contribution is 2.40. The van der Waals surface area contributed by atoms with Crippen molar-refractivity contribution >= 4 is 40.1 Å². The lowest BCUT2D eigenvalue weighted by Gasteiger charge is -2.20. The van der Waals surface area contributed by atoms with Gasteiger partial charge in [-0.05, 0) is 24.8 Å². The van der Waals surface area contributed by atoms with Crippen molar-refractivity contribution in [2.24, 2.45) is 0 Å². The normalized spacial score (nSPS) is 17.8. The van der Waals surface area contributed by atoms with Crippen molar-refractivity contribution in [2.45, 2.75) is 17.5 Å². The number of nitrogens with zero attached hydrogens (tertiary/aromatic N) is 2. The van der Waals surface area contributed by atoms with E-state index in [4.69, 9.17) is 11.6 Å². The van der Waals surface area contributed by atoms with Crippen molar-refractivity contribution in [2.75, 3.05) is 24.2 Å². The van der Waals surface area contributed by atoms with Crippen LogP contribution in [0.25, 0.3) is 22.2 Å². The van der Waals surface area contributed by atoms with Gasteiger partial charge in [0.15, 0.2) is 0 Å². The maximum Gasteiger partial charge on any atom is 0.138 e. The minimum atomic E-state index is -0.793. The predicted molar refractivity (Wildman–Crippen MR) is 100 cm³/mol. The second kappa shape index (κ2) is 6.30. The molecular weight excluding hydrogens is 345 g/mol. The van der Waals surface area contributed by atoms with E-state index in [-0.39, 0.29) is 0 Å². The average Bonchev–Trinajstić information content (AvgIpc) is 3.18. The summed E-state index contributed by atoms with van der Waals surface area (Å²) < 4.78 is 13.7. The monoisotopic (exact) mass is 361 g/mol. The molecule has 0 bridgehead atoms. The van der Waals surface area contributed by atoms with Crippen molar-refractivity contribution in [3.05, 3.63) is 41.6 Å². The highest BCUT2D eigenvalue weighted by Gasteiger charge is 2.26. The Morgan fingerprint density at radius 1 is 1.38 bits per heavy atom. The fraction of sp³-hybridized carbons (Fsp3) is 0.278. The van der Waals surface area contributed by atoms with Crippen molar-refractivity contribution in [1.82, 2.24) is 9.97 Å². The Labute approximate surface area is 149 Å². The van der Waals surface area contributed by atoms with Crippen molar-refractivity contribution in [1.29, 1.82) is 0 Å². The second-order valence-corrected chi connectivity index (χ2v) is 7.20. The van der Waals surface area contributed by atoms with E-state index in [0.717, 1.165) is 32.9 Å². The zero-order valence-corrected chi connectivity index (χ0v) is 14.8. The molecule has 1 unspecified atom stereocenters. The van der Waals surface area contributed by atoms with Crippen LogP contribution in [0.2, 0.25) is 5.02 Å². The summed E-state index contributed by atoms with van der Waals surface area (Å²) in [6.07, 6.45) is 3.61. The number of halogens is 2. The molecule has 2 aromatic heterocycles. The molecule has 4 rings (SSSR count). The van der Waals surface area contributed by atoms with Crippen LogP contribution in [0.1, 0.15) is 6.42 Å². The highest BCUT2D eigenvalue weighted by atomic mass is 35.5. The number of rotatable bonds is 3. The SMILES string of the molecule is CSc1cnc(N2CCC(F)C2)c(-c2[nH]c3ccccc3c2Cl)c1. The standard InChI is InChI=1S/C18H17ClFN3S/c1-24-12-8-14(18(21-9-12)23-7-6-11(20)10-23)17-16(19)13-4-2-3-5-15(13)22-17/h2-5,8-9,11,22H,6-7,10H2,1H3. The lowest BCUT2D eigenvalue weighted by atomic mass is 10.1. The number of benzene rings is 1. The molecule has 0 aliphatic carbocycles. The number of H-pyrrole nitrogens is 1. The fourth-order valence-corrected chi connectivity index (χ4v) is 3.90. The van der Waals surface area contributed by atoms with Crippen LogP contribution >= 0.6 is 23.4 Å². The van der Waals surface area contributed by atoms with Crippen LogP contribution in [0.15, 0.2) is 41.4 Å². The Hall–Kier alpha value is -1.72. The minimum absolute atomic E-state index is 0.385. The van der Waals surface area contributed by atoms with Crippen LogP contribution < -0.4 is 4.90 Å². The molecule has 0 radical (unpaired) electrons. The first-order chi connectivity index (χ1) is 11.7. The third-order valence-corrected chi connectivity index (χ3v) is 5.51. The Balaban J connectivity index is 1.90. The maximum atomic E-state index is 13.7. The first kappa shape index (κ1) is 15.8. The summed E-state index contributed by atoms with van der Waals surface area (Å²) in [6.45, 7) is 1.06. The van der Waals surface area contributed by atoms with Crippen molar-refractivity contribution in [3.63, 3.8) is 0 Å². The van der Waals surface area contributed by atoms with Gasteiger partial charge < -0.3 is 9.88 Å². The molecule has 1 atom stereocenters. The number of pyridine rings is 1. The topological polar surface area (TPSA) is 31.9 Å². The van der Waals surface area contributed by atoms with Gasteiger partial charge in [0.1, 0.15) is 12.0 Å². The van der Waals surface area contributed by atoms with E-state index in [1.807, 2.05) is 41.6 Å². The first-order valence-electron chi connectivity index (χ1n) is 7.87. The number of thioether (sulfide) groups is 1. The van der Waals surface area contributed by atoms with E-state index in [1.165, 1.54) is 0 Å². The summed E-state index contributed by atoms with van der Waals surface area (Å²) in [7, 11) is 0. The minimum Gasteiger partial charge on any atom is -0.353 e. The number of anilines is 1. The molecule has 3 aromatic rings. The predicted octanol–water partition coefficient (Wildman–Crippen LogP) is 5.15. The van der Waals surface area contributed by atoms with E-state index < -0.39 is 6.17 Å². The number of aromatic amines is 1. The molecule has 1 saturated heterocycles. The van der Waals surface area contributed by atoms with Gasteiger partial charge in [0.2, 0.25) is 0 Å². The summed E-state index contributed by atoms with van der Waals surface area (Å²) in [5.41, 5.74) is 2.76. The third-order valence-electron chi connectivity index (χ3n) is 4.42. The molecule has 3 nitrogen and oxygen atoms in total. The van der Waals surface area contributed by atoms with Gasteiger partial charge in [-0.15, -0.1) is 11.8 Å². The van der Waals surface area contributed by atoms with Crippen molar-refractivity contribution in [3.8, 4) is 11.3 Å². The summed E-state index contributed by atoms with van der Waals surface area (Å²) in [5, 5.41) is 1.67. The Kier molecular flexibility index (Phi) is 4.14. The molecular formula is C18H17ClFN3S. The van der Waals surface area contributed by atoms with Crippen LogP contribution in [-0.4, -0.2) is 35.5 Å². The summed E-state index contributed by atoms with van der Waals surface area (Å²) in [5.74, 6) is 0.793. The zero-order valence-electron chi connectivity index (χ0n) is 13.2. The van der Waals surface area contributed by atoms with Crippen LogP contribution in [0, 0.1) is 0 Å². The van der Waals surface area contributed by atoms with Gasteiger partial charge in [-0.1, -0.05) is 29.8 Å². The number of aromatic nitrogens is 2. The molecule has 0 spiro atoms. The number of hydrogen-bond acceptors (Lipinski definition) is 3. The molecule has 0 amide bonds. The zero-order chi connectivity index (χ0) is 16.7. The maximum absolute atomic E-state index is 13.7. The van der Waals surface area contributed by atoms with Gasteiger partial charge >= 0.3 is 0 Å². The average molecular weight is 362 g/mol. The van der Waals surface area contributed by atoms with E-state index in [2.05, 4.69) is 16.0 Å². The molecule has 24 heavy (non-hydrogen) atoms. The van der Waals surface area contributed by atoms with Gasteiger partial charge in [-0.3, -0.25) is 0 Å². The molecule has 1 fully saturated rings. The molecule has 1 aliphatic heterocycles. The van der Waals surface area contributed by atoms with Crippen LogP contribution in [0.5, 0.6) is 0 Å². The number of fused-ring (bicyclic) bond motifs is 1. The van der Waals surface area contributed by atoms with Crippen LogP contribution in [-0.2, 0) is 0 Å². The Morgan fingerprint density at radius 2 is 2.21 bits per heavy atom. The number of hydrogen-bond donors (Lipinski definition) is 1. The summed E-state index contributed by atoms with van der Waals surface area (Å²) >= 11 is 8.27. The van der Waals surface area contributed by atoms with Gasteiger partial charge in [0, 0.05) is 34.1 Å². The lowest BCUT2D eigenvalue weighted by Crippen LogP contribution is -2.22. The fourth-order valence-electron chi connectivity index (χ4n) is 3.19. The molecule has 1 N–H and O–H groups in total. The van der Waals surface area contributed by atoms with Gasteiger partial charge in [0.05, 0.1) is 17.3 Å². The quantitative estimate of drug-likeness (QED) is 0.654. The molecule has 1 aromatic carbocycles. The molecule has 1 aliphatic rings. The van der Waals surface area contributed by atoms with E-state index >= 15 is 0 Å². The van der Waals surface area contributed by atoms with Gasteiger partial charge in [-0.2, -0.15) is 0 Å². The lowest BCUT2D eigenvalue weighted by molar-refractivity contribution is 0.364. The van der Waals surface area contributed by atoms with E-state index in [1.54, 1.807) is 11.8 Å². The van der Waals surface area contributed by atoms with E-state index in [9.17, 15) is 4.39 Å².